The maximum Gasteiger partial charge on any atom is 0.225 e. The molecule has 0 unspecified atom stereocenters. The molecule has 0 saturated carbocycles. The third-order valence-electron chi connectivity index (χ3n) is 2.90. The lowest BCUT2D eigenvalue weighted by atomic mass is 9.95. The lowest BCUT2D eigenvalue weighted by Crippen LogP contribution is -2.43. The van der Waals surface area contributed by atoms with Crippen LogP contribution in [0.4, 0.5) is 0 Å². The summed E-state index contributed by atoms with van der Waals surface area (Å²) in [6.45, 7) is 9.56. The zero-order chi connectivity index (χ0) is 12.2. The smallest absolute Gasteiger partial charge is 0.225 e. The van der Waals surface area contributed by atoms with E-state index in [1.54, 1.807) is 7.11 Å². The molecule has 0 radical (unpaired) electrons. The van der Waals surface area contributed by atoms with Gasteiger partial charge in [-0.15, -0.1) is 0 Å². The van der Waals surface area contributed by atoms with Crippen molar-refractivity contribution in [3.05, 3.63) is 0 Å². The fourth-order valence-electron chi connectivity index (χ4n) is 1.78. The maximum absolute atomic E-state index is 11.8. The van der Waals surface area contributed by atoms with Gasteiger partial charge in [0, 0.05) is 38.2 Å². The zero-order valence-corrected chi connectivity index (χ0v) is 10.9. The van der Waals surface area contributed by atoms with Gasteiger partial charge in [0.05, 0.1) is 6.61 Å². The monoisotopic (exact) mass is 228 g/mol. The van der Waals surface area contributed by atoms with Gasteiger partial charge < -0.3 is 10.1 Å². The number of ether oxygens (including phenoxy) is 1. The summed E-state index contributed by atoms with van der Waals surface area (Å²) >= 11 is 0. The number of rotatable bonds is 4. The number of amides is 1. The third-order valence-corrected chi connectivity index (χ3v) is 2.90. The average molecular weight is 228 g/mol. The molecule has 16 heavy (non-hydrogen) atoms. The number of hydrogen-bond acceptors (Lipinski definition) is 3. The minimum Gasteiger partial charge on any atom is -0.383 e. The molecule has 0 aliphatic carbocycles. The van der Waals surface area contributed by atoms with Crippen molar-refractivity contribution in [3.8, 4) is 0 Å². The van der Waals surface area contributed by atoms with Gasteiger partial charge in [-0.1, -0.05) is 20.8 Å². The van der Waals surface area contributed by atoms with Crippen LogP contribution in [-0.4, -0.2) is 50.2 Å². The van der Waals surface area contributed by atoms with Crippen molar-refractivity contribution in [1.82, 2.24) is 10.2 Å². The number of nitrogens with one attached hydrogen (secondary N) is 1. The van der Waals surface area contributed by atoms with Gasteiger partial charge in [0.15, 0.2) is 0 Å². The van der Waals surface area contributed by atoms with E-state index in [0.29, 0.717) is 6.04 Å². The Morgan fingerprint density at radius 2 is 2.19 bits per heavy atom. The Balaban J connectivity index is 2.29. The Morgan fingerprint density at radius 1 is 1.50 bits per heavy atom. The quantitative estimate of drug-likeness (QED) is 0.776. The lowest BCUT2D eigenvalue weighted by Gasteiger charge is -2.22. The molecule has 0 aromatic carbocycles. The van der Waals surface area contributed by atoms with Crippen molar-refractivity contribution < 1.29 is 9.53 Å². The van der Waals surface area contributed by atoms with E-state index in [9.17, 15) is 4.79 Å². The van der Waals surface area contributed by atoms with E-state index in [2.05, 4.69) is 10.2 Å². The predicted molar refractivity (Wildman–Crippen MR) is 64.3 cm³/mol. The second-order valence-corrected chi connectivity index (χ2v) is 5.50. The van der Waals surface area contributed by atoms with Gasteiger partial charge in [-0.3, -0.25) is 9.69 Å². The SMILES string of the molecule is COCCN1CC[C@@H](NC(=O)C(C)(C)C)C1. The lowest BCUT2D eigenvalue weighted by molar-refractivity contribution is -0.129. The summed E-state index contributed by atoms with van der Waals surface area (Å²) in [5, 5.41) is 3.10. The van der Waals surface area contributed by atoms with E-state index in [1.807, 2.05) is 20.8 Å². The number of methoxy groups -OCH3 is 1. The Morgan fingerprint density at radius 3 is 2.75 bits per heavy atom. The summed E-state index contributed by atoms with van der Waals surface area (Å²) < 4.78 is 5.05. The van der Waals surface area contributed by atoms with E-state index in [1.165, 1.54) is 0 Å². The van der Waals surface area contributed by atoms with Crippen molar-refractivity contribution in [3.63, 3.8) is 0 Å². The van der Waals surface area contributed by atoms with Gasteiger partial charge in [-0.2, -0.15) is 0 Å². The molecule has 4 nitrogen and oxygen atoms in total. The Bertz CT molecular complexity index is 236. The van der Waals surface area contributed by atoms with Crippen LogP contribution in [0.5, 0.6) is 0 Å². The van der Waals surface area contributed by atoms with E-state index in [0.717, 1.165) is 32.7 Å². The molecule has 4 heteroatoms. The van der Waals surface area contributed by atoms with Crippen LogP contribution in [0, 0.1) is 5.41 Å². The number of carbonyl (C=O) groups excluding carboxylic acids is 1. The molecule has 1 atom stereocenters. The van der Waals surface area contributed by atoms with E-state index in [-0.39, 0.29) is 11.3 Å². The number of hydrogen-bond donors (Lipinski definition) is 1. The Kier molecular flexibility index (Phi) is 4.74. The van der Waals surface area contributed by atoms with Gasteiger partial charge in [-0.25, -0.2) is 0 Å². The largest absolute Gasteiger partial charge is 0.383 e. The number of carbonyl (C=O) groups is 1. The van der Waals surface area contributed by atoms with Crippen LogP contribution in [0.3, 0.4) is 0 Å². The third kappa shape index (κ3) is 4.10. The molecular weight excluding hydrogens is 204 g/mol. The molecule has 1 N–H and O–H groups in total. The van der Waals surface area contributed by atoms with E-state index >= 15 is 0 Å². The molecule has 0 aromatic heterocycles. The molecule has 1 aliphatic rings. The molecule has 0 spiro atoms. The topological polar surface area (TPSA) is 41.6 Å². The molecule has 94 valence electrons. The van der Waals surface area contributed by atoms with Crippen LogP contribution >= 0.6 is 0 Å². The van der Waals surface area contributed by atoms with Crippen LogP contribution < -0.4 is 5.32 Å². The predicted octanol–water partition coefficient (Wildman–Crippen LogP) is 0.869. The second kappa shape index (κ2) is 5.64. The van der Waals surface area contributed by atoms with Gasteiger partial charge in [-0.05, 0) is 6.42 Å². The van der Waals surface area contributed by atoms with Crippen molar-refractivity contribution >= 4 is 5.91 Å². The van der Waals surface area contributed by atoms with Crippen LogP contribution in [0.1, 0.15) is 27.2 Å². The highest BCUT2D eigenvalue weighted by Gasteiger charge is 2.28. The summed E-state index contributed by atoms with van der Waals surface area (Å²) in [5.41, 5.74) is -0.292. The first-order valence-electron chi connectivity index (χ1n) is 5.95. The molecule has 1 amide bonds. The van der Waals surface area contributed by atoms with Crippen LogP contribution in [0.2, 0.25) is 0 Å². The van der Waals surface area contributed by atoms with Gasteiger partial charge >= 0.3 is 0 Å². The molecule has 1 saturated heterocycles. The molecule has 1 heterocycles. The minimum absolute atomic E-state index is 0.145. The first kappa shape index (κ1) is 13.5. The Labute approximate surface area is 98.3 Å². The van der Waals surface area contributed by atoms with Crippen LogP contribution in [0.25, 0.3) is 0 Å². The first-order valence-corrected chi connectivity index (χ1v) is 5.95. The summed E-state index contributed by atoms with van der Waals surface area (Å²) in [4.78, 5) is 14.1. The average Bonchev–Trinajstić information content (AvgIpc) is 2.61. The van der Waals surface area contributed by atoms with E-state index in [4.69, 9.17) is 4.74 Å². The number of likely N-dealkylation sites (tertiary alicyclic amines) is 1. The van der Waals surface area contributed by atoms with Gasteiger partial charge in [0.25, 0.3) is 0 Å². The molecule has 0 aromatic rings. The van der Waals surface area contributed by atoms with Crippen molar-refractivity contribution in [1.29, 1.82) is 0 Å². The highest BCUT2D eigenvalue weighted by atomic mass is 16.5. The molecular formula is C12H24N2O2. The highest BCUT2D eigenvalue weighted by Crippen LogP contribution is 2.15. The minimum atomic E-state index is -0.292. The molecule has 1 aliphatic heterocycles. The fourth-order valence-corrected chi connectivity index (χ4v) is 1.78. The summed E-state index contributed by atoms with van der Waals surface area (Å²) in [6.07, 6.45) is 1.05. The molecule has 0 bridgehead atoms. The first-order chi connectivity index (χ1) is 7.43. The summed E-state index contributed by atoms with van der Waals surface area (Å²) in [5.74, 6) is 0.145. The molecule has 1 fully saturated rings. The van der Waals surface area contributed by atoms with Crippen molar-refractivity contribution in [2.24, 2.45) is 5.41 Å². The van der Waals surface area contributed by atoms with Crippen molar-refractivity contribution in [2.45, 2.75) is 33.2 Å². The van der Waals surface area contributed by atoms with Gasteiger partial charge in [0.1, 0.15) is 0 Å². The normalized spacial score (nSPS) is 22.4. The van der Waals surface area contributed by atoms with Crippen LogP contribution in [0.15, 0.2) is 0 Å². The molecule has 1 rings (SSSR count). The van der Waals surface area contributed by atoms with Crippen molar-refractivity contribution in [2.75, 3.05) is 33.4 Å². The maximum atomic E-state index is 11.8. The second-order valence-electron chi connectivity index (χ2n) is 5.50. The van der Waals surface area contributed by atoms with E-state index < -0.39 is 0 Å². The zero-order valence-electron chi connectivity index (χ0n) is 10.9. The summed E-state index contributed by atoms with van der Waals surface area (Å²) in [6, 6.07) is 0.309. The fraction of sp³-hybridized carbons (Fsp3) is 0.917. The van der Waals surface area contributed by atoms with Crippen LogP contribution in [-0.2, 0) is 9.53 Å². The van der Waals surface area contributed by atoms with Gasteiger partial charge in [0.2, 0.25) is 5.91 Å². The standard InChI is InChI=1S/C12H24N2O2/c1-12(2,3)11(15)13-10-5-6-14(9-10)7-8-16-4/h10H,5-9H2,1-4H3,(H,13,15)/t10-/m1/s1. The highest BCUT2D eigenvalue weighted by molar-refractivity contribution is 5.81. The summed E-state index contributed by atoms with van der Waals surface area (Å²) in [7, 11) is 1.72. The number of nitrogens with zero attached hydrogens (tertiary/aromatic N) is 1. The Hall–Kier alpha value is -0.610.